The van der Waals surface area contributed by atoms with Crippen molar-refractivity contribution in [3.63, 3.8) is 0 Å². The maximum Gasteiger partial charge on any atom is 0.240 e. The predicted molar refractivity (Wildman–Crippen MR) is 67.3 cm³/mol. The van der Waals surface area contributed by atoms with Crippen molar-refractivity contribution in [1.29, 1.82) is 0 Å². The molecule has 0 aliphatic carbocycles. The topological polar surface area (TPSA) is 55.4 Å². The number of sulfonamides is 1. The van der Waals surface area contributed by atoms with Crippen LogP contribution in [-0.4, -0.2) is 28.2 Å². The summed E-state index contributed by atoms with van der Waals surface area (Å²) in [6.45, 7) is 4.28. The van der Waals surface area contributed by atoms with Gasteiger partial charge >= 0.3 is 0 Å². The van der Waals surface area contributed by atoms with Crippen LogP contribution in [0.15, 0.2) is 35.2 Å². The molecular formula is C12H19NO3S. The Hall–Kier alpha value is -0.910. The Morgan fingerprint density at radius 2 is 1.82 bits per heavy atom. The summed E-state index contributed by atoms with van der Waals surface area (Å²) in [7, 11) is -1.90. The Morgan fingerprint density at radius 3 is 2.29 bits per heavy atom. The minimum atomic E-state index is -3.46. The van der Waals surface area contributed by atoms with Gasteiger partial charge < -0.3 is 4.74 Å². The molecule has 0 aliphatic heterocycles. The van der Waals surface area contributed by atoms with E-state index < -0.39 is 10.0 Å². The van der Waals surface area contributed by atoms with Crippen molar-refractivity contribution in [2.75, 3.05) is 13.7 Å². The highest BCUT2D eigenvalue weighted by Crippen LogP contribution is 2.11. The second-order valence-corrected chi connectivity index (χ2v) is 5.95. The molecule has 1 N–H and O–H groups in total. The highest BCUT2D eigenvalue weighted by molar-refractivity contribution is 7.89. The molecule has 0 spiro atoms. The highest BCUT2D eigenvalue weighted by atomic mass is 32.2. The molecule has 5 heteroatoms. The molecule has 0 heterocycles. The van der Waals surface area contributed by atoms with Crippen LogP contribution in [0.4, 0.5) is 0 Å². The summed E-state index contributed by atoms with van der Waals surface area (Å²) in [4.78, 5) is 0.279. The zero-order valence-corrected chi connectivity index (χ0v) is 11.2. The third kappa shape index (κ3) is 4.11. The van der Waals surface area contributed by atoms with E-state index in [1.807, 2.05) is 13.8 Å². The normalized spacial score (nSPS) is 13.9. The lowest BCUT2D eigenvalue weighted by Gasteiger charge is -2.21. The SMILES string of the molecule is COCC(NS(=O)(=O)c1ccccc1)C(C)C. The van der Waals surface area contributed by atoms with Crippen LogP contribution in [0.2, 0.25) is 0 Å². The molecular weight excluding hydrogens is 238 g/mol. The van der Waals surface area contributed by atoms with Gasteiger partial charge in [-0.1, -0.05) is 32.0 Å². The van der Waals surface area contributed by atoms with E-state index in [0.717, 1.165) is 0 Å². The summed E-state index contributed by atoms with van der Waals surface area (Å²) in [6.07, 6.45) is 0. The van der Waals surface area contributed by atoms with E-state index in [9.17, 15) is 8.42 Å². The standard InChI is InChI=1S/C12H19NO3S/c1-10(2)12(9-16-3)13-17(14,15)11-7-5-4-6-8-11/h4-8,10,12-13H,9H2,1-3H3. The fourth-order valence-corrected chi connectivity index (χ4v) is 2.80. The van der Waals surface area contributed by atoms with Crippen LogP contribution < -0.4 is 4.72 Å². The summed E-state index contributed by atoms with van der Waals surface area (Å²) in [5, 5.41) is 0. The van der Waals surface area contributed by atoms with E-state index >= 15 is 0 Å². The summed E-state index contributed by atoms with van der Waals surface area (Å²) >= 11 is 0. The second-order valence-electron chi connectivity index (χ2n) is 4.24. The Bertz CT molecular complexity index is 428. The molecule has 0 radical (unpaired) electrons. The fourth-order valence-electron chi connectivity index (χ4n) is 1.41. The Balaban J connectivity index is 2.85. The zero-order valence-electron chi connectivity index (χ0n) is 10.4. The molecule has 1 aromatic carbocycles. The van der Waals surface area contributed by atoms with Gasteiger partial charge in [0.25, 0.3) is 0 Å². The van der Waals surface area contributed by atoms with Crippen LogP contribution in [0, 0.1) is 5.92 Å². The third-order valence-corrected chi connectivity index (χ3v) is 4.02. The Morgan fingerprint density at radius 1 is 1.24 bits per heavy atom. The molecule has 0 aromatic heterocycles. The minimum absolute atomic E-state index is 0.174. The number of ether oxygens (including phenoxy) is 1. The average Bonchev–Trinajstić information content (AvgIpc) is 2.29. The van der Waals surface area contributed by atoms with Gasteiger partial charge in [-0.15, -0.1) is 0 Å². The number of hydrogen-bond donors (Lipinski definition) is 1. The summed E-state index contributed by atoms with van der Waals surface area (Å²) in [6, 6.07) is 8.13. The van der Waals surface area contributed by atoms with Crippen molar-refractivity contribution in [1.82, 2.24) is 4.72 Å². The Labute approximate surface area is 103 Å². The lowest BCUT2D eigenvalue weighted by atomic mass is 10.1. The van der Waals surface area contributed by atoms with Crippen LogP contribution in [0.1, 0.15) is 13.8 Å². The number of benzene rings is 1. The average molecular weight is 257 g/mol. The van der Waals surface area contributed by atoms with Gasteiger partial charge in [0.2, 0.25) is 10.0 Å². The molecule has 0 saturated heterocycles. The van der Waals surface area contributed by atoms with Gasteiger partial charge in [0.15, 0.2) is 0 Å². The quantitative estimate of drug-likeness (QED) is 0.843. The highest BCUT2D eigenvalue weighted by Gasteiger charge is 2.21. The van der Waals surface area contributed by atoms with Crippen molar-refractivity contribution in [3.05, 3.63) is 30.3 Å². The van der Waals surface area contributed by atoms with E-state index in [1.165, 1.54) is 0 Å². The van der Waals surface area contributed by atoms with E-state index in [1.54, 1.807) is 37.4 Å². The first-order valence-corrected chi connectivity index (χ1v) is 7.02. The molecule has 0 amide bonds. The number of rotatable bonds is 6. The van der Waals surface area contributed by atoms with E-state index in [-0.39, 0.29) is 16.9 Å². The predicted octanol–water partition coefficient (Wildman–Crippen LogP) is 1.64. The summed E-state index contributed by atoms with van der Waals surface area (Å²) in [5.41, 5.74) is 0. The van der Waals surface area contributed by atoms with E-state index in [4.69, 9.17) is 4.74 Å². The smallest absolute Gasteiger partial charge is 0.240 e. The second kappa shape index (κ2) is 6.14. The molecule has 1 unspecified atom stereocenters. The zero-order chi connectivity index (χ0) is 12.9. The molecule has 1 atom stereocenters. The monoisotopic (exact) mass is 257 g/mol. The Kier molecular flexibility index (Phi) is 5.11. The summed E-state index contributed by atoms with van der Waals surface area (Å²) < 4.78 is 31.8. The van der Waals surface area contributed by atoms with Crippen LogP contribution in [0.5, 0.6) is 0 Å². The number of hydrogen-bond acceptors (Lipinski definition) is 3. The molecule has 0 saturated carbocycles. The molecule has 0 fully saturated rings. The van der Waals surface area contributed by atoms with Crippen LogP contribution >= 0.6 is 0 Å². The number of methoxy groups -OCH3 is 1. The lowest BCUT2D eigenvalue weighted by Crippen LogP contribution is -2.41. The van der Waals surface area contributed by atoms with E-state index in [0.29, 0.717) is 6.61 Å². The molecule has 4 nitrogen and oxygen atoms in total. The van der Waals surface area contributed by atoms with Gasteiger partial charge in [-0.05, 0) is 18.1 Å². The maximum atomic E-state index is 12.1. The molecule has 1 rings (SSSR count). The van der Waals surface area contributed by atoms with Gasteiger partial charge in [0.05, 0.1) is 11.5 Å². The number of nitrogens with one attached hydrogen (secondary N) is 1. The lowest BCUT2D eigenvalue weighted by molar-refractivity contribution is 0.157. The molecule has 1 aromatic rings. The van der Waals surface area contributed by atoms with Gasteiger partial charge in [0.1, 0.15) is 0 Å². The summed E-state index contributed by atoms with van der Waals surface area (Å²) in [5.74, 6) is 0.174. The minimum Gasteiger partial charge on any atom is -0.383 e. The first-order valence-electron chi connectivity index (χ1n) is 5.53. The van der Waals surface area contributed by atoms with Crippen molar-refractivity contribution in [2.45, 2.75) is 24.8 Å². The van der Waals surface area contributed by atoms with Crippen LogP contribution in [0.3, 0.4) is 0 Å². The van der Waals surface area contributed by atoms with Crippen LogP contribution in [-0.2, 0) is 14.8 Å². The van der Waals surface area contributed by atoms with Gasteiger partial charge in [-0.3, -0.25) is 0 Å². The first kappa shape index (κ1) is 14.2. The van der Waals surface area contributed by atoms with Crippen molar-refractivity contribution in [3.8, 4) is 0 Å². The molecule has 0 bridgehead atoms. The van der Waals surface area contributed by atoms with Crippen molar-refractivity contribution >= 4 is 10.0 Å². The van der Waals surface area contributed by atoms with Gasteiger partial charge in [-0.2, -0.15) is 0 Å². The van der Waals surface area contributed by atoms with Gasteiger partial charge in [-0.25, -0.2) is 13.1 Å². The third-order valence-electron chi connectivity index (χ3n) is 2.51. The first-order chi connectivity index (χ1) is 7.97. The fraction of sp³-hybridized carbons (Fsp3) is 0.500. The van der Waals surface area contributed by atoms with Crippen molar-refractivity contribution in [2.24, 2.45) is 5.92 Å². The van der Waals surface area contributed by atoms with E-state index in [2.05, 4.69) is 4.72 Å². The maximum absolute atomic E-state index is 12.1. The molecule has 17 heavy (non-hydrogen) atoms. The molecule has 96 valence electrons. The van der Waals surface area contributed by atoms with Crippen molar-refractivity contribution < 1.29 is 13.2 Å². The van der Waals surface area contributed by atoms with Crippen LogP contribution in [0.25, 0.3) is 0 Å². The molecule has 0 aliphatic rings. The largest absolute Gasteiger partial charge is 0.383 e. The van der Waals surface area contributed by atoms with Gasteiger partial charge in [0, 0.05) is 13.2 Å².